The van der Waals surface area contributed by atoms with Crippen LogP contribution in [0.4, 0.5) is 36.4 Å². The Kier molecular flexibility index (Phi) is 6.05. The van der Waals surface area contributed by atoms with Crippen molar-refractivity contribution in [1.29, 1.82) is 5.26 Å². The molecule has 0 saturated carbocycles. The molecule has 3 heterocycles. The number of aromatic nitrogens is 3. The maximum atomic E-state index is 13.5. The summed E-state index contributed by atoms with van der Waals surface area (Å²) >= 11 is 0. The number of hydrogen-bond acceptors (Lipinski definition) is 7. The van der Waals surface area contributed by atoms with Crippen molar-refractivity contribution in [2.45, 2.75) is 19.0 Å². The fraction of sp³-hybridized carbons (Fsp3) is 0.304. The third-order valence-corrected chi connectivity index (χ3v) is 5.40. The van der Waals surface area contributed by atoms with Crippen molar-refractivity contribution >= 4 is 23.3 Å². The van der Waals surface area contributed by atoms with Gasteiger partial charge in [0, 0.05) is 51.1 Å². The quantitative estimate of drug-likeness (QED) is 0.635. The van der Waals surface area contributed by atoms with Crippen LogP contribution in [0.25, 0.3) is 0 Å². The number of nitrogens with one attached hydrogen (secondary N) is 1. The highest BCUT2D eigenvalue weighted by Crippen LogP contribution is 2.36. The van der Waals surface area contributed by atoms with Crippen LogP contribution in [0.3, 0.4) is 0 Å². The second kappa shape index (κ2) is 8.94. The summed E-state index contributed by atoms with van der Waals surface area (Å²) in [6, 6.07) is 11.4. The fourth-order valence-corrected chi connectivity index (χ4v) is 3.74. The summed E-state index contributed by atoms with van der Waals surface area (Å²) in [5.74, 6) is 1.04. The lowest BCUT2D eigenvalue weighted by atomic mass is 10.1. The highest BCUT2D eigenvalue weighted by atomic mass is 19.4. The monoisotopic (exact) mass is 453 g/mol. The summed E-state index contributed by atoms with van der Waals surface area (Å²) in [5, 5.41) is 12.3. The molecule has 0 atom stereocenters. The number of rotatable bonds is 4. The van der Waals surface area contributed by atoms with Crippen LogP contribution in [0.15, 0.2) is 42.6 Å². The van der Waals surface area contributed by atoms with E-state index in [9.17, 15) is 13.2 Å². The number of anilines is 4. The molecule has 7 nitrogen and oxygen atoms in total. The predicted molar refractivity (Wildman–Crippen MR) is 120 cm³/mol. The molecule has 4 rings (SSSR count). The van der Waals surface area contributed by atoms with Crippen LogP contribution in [0.2, 0.25) is 0 Å². The third-order valence-electron chi connectivity index (χ3n) is 5.40. The number of benzene rings is 1. The number of halogens is 3. The second-order valence-corrected chi connectivity index (χ2v) is 7.87. The SMILES string of the molecule is CN(C)c1nc2c(c(Nc3ccc(C#N)cc3)n1)CCN(c1ncccc1C(F)(F)F)CC2. The Morgan fingerprint density at radius 1 is 1.06 bits per heavy atom. The number of hydrogen-bond donors (Lipinski definition) is 1. The molecule has 0 aliphatic carbocycles. The number of fused-ring (bicyclic) bond motifs is 1. The van der Waals surface area contributed by atoms with E-state index in [1.807, 2.05) is 14.1 Å². The molecule has 170 valence electrons. The summed E-state index contributed by atoms with van der Waals surface area (Å²) in [5.41, 5.74) is 2.20. The van der Waals surface area contributed by atoms with Crippen molar-refractivity contribution in [3.63, 3.8) is 0 Å². The van der Waals surface area contributed by atoms with Gasteiger partial charge in [-0.05, 0) is 42.8 Å². The van der Waals surface area contributed by atoms with Gasteiger partial charge in [0.2, 0.25) is 5.95 Å². The normalized spacial score (nSPS) is 13.6. The maximum absolute atomic E-state index is 13.5. The van der Waals surface area contributed by atoms with Gasteiger partial charge in [-0.15, -0.1) is 0 Å². The zero-order valence-corrected chi connectivity index (χ0v) is 18.2. The lowest BCUT2D eigenvalue weighted by molar-refractivity contribution is -0.137. The molecule has 0 amide bonds. The molecule has 1 aromatic carbocycles. The molecule has 0 unspecified atom stereocenters. The van der Waals surface area contributed by atoms with E-state index in [1.54, 1.807) is 34.1 Å². The van der Waals surface area contributed by atoms with Crippen molar-refractivity contribution < 1.29 is 13.2 Å². The molecule has 0 bridgehead atoms. The number of nitrogens with zero attached hydrogens (tertiary/aromatic N) is 6. The van der Waals surface area contributed by atoms with Crippen molar-refractivity contribution in [3.8, 4) is 6.07 Å². The van der Waals surface area contributed by atoms with Gasteiger partial charge in [-0.2, -0.15) is 23.4 Å². The van der Waals surface area contributed by atoms with Gasteiger partial charge in [-0.3, -0.25) is 0 Å². The van der Waals surface area contributed by atoms with Crippen LogP contribution >= 0.6 is 0 Å². The second-order valence-electron chi connectivity index (χ2n) is 7.87. The Bertz CT molecular complexity index is 1180. The van der Waals surface area contributed by atoms with Crippen LogP contribution in [0, 0.1) is 11.3 Å². The summed E-state index contributed by atoms with van der Waals surface area (Å²) in [4.78, 5) is 16.8. The van der Waals surface area contributed by atoms with Crippen LogP contribution in [-0.2, 0) is 19.0 Å². The van der Waals surface area contributed by atoms with Crippen molar-refractivity contribution in [3.05, 3.63) is 65.0 Å². The van der Waals surface area contributed by atoms with E-state index in [4.69, 9.17) is 5.26 Å². The maximum Gasteiger partial charge on any atom is 0.419 e. The lowest BCUT2D eigenvalue weighted by Crippen LogP contribution is -2.29. The standard InChI is InChI=1S/C23H22F3N7/c1-32(2)22-30-19-10-13-33(21-18(23(24,25)26)4-3-11-28-21)12-9-17(19)20(31-22)29-16-7-5-15(14-27)6-8-16/h3-8,11H,9-10,12-13H2,1-2H3,(H,29,30,31). The van der Waals surface area contributed by atoms with Gasteiger partial charge in [0.05, 0.1) is 22.9 Å². The minimum Gasteiger partial charge on any atom is -0.355 e. The molecule has 0 fully saturated rings. The van der Waals surface area contributed by atoms with E-state index < -0.39 is 11.7 Å². The van der Waals surface area contributed by atoms with Crippen LogP contribution < -0.4 is 15.1 Å². The first kappa shape index (κ1) is 22.3. The van der Waals surface area contributed by atoms with Gasteiger partial charge in [-0.1, -0.05) is 0 Å². The van der Waals surface area contributed by atoms with Crippen LogP contribution in [0.5, 0.6) is 0 Å². The molecular weight excluding hydrogens is 431 g/mol. The summed E-state index contributed by atoms with van der Waals surface area (Å²) in [6.45, 7) is 0.701. The van der Waals surface area contributed by atoms with Gasteiger partial charge >= 0.3 is 6.18 Å². The smallest absolute Gasteiger partial charge is 0.355 e. The first-order chi connectivity index (χ1) is 15.8. The van der Waals surface area contributed by atoms with E-state index >= 15 is 0 Å². The van der Waals surface area contributed by atoms with Gasteiger partial charge in [0.25, 0.3) is 0 Å². The highest BCUT2D eigenvalue weighted by Gasteiger charge is 2.36. The summed E-state index contributed by atoms with van der Waals surface area (Å²) in [6.07, 6.45) is -2.20. The molecule has 1 aliphatic heterocycles. The van der Waals surface area contributed by atoms with E-state index in [0.717, 1.165) is 23.0 Å². The molecule has 33 heavy (non-hydrogen) atoms. The average molecular weight is 453 g/mol. The topological polar surface area (TPSA) is 81.0 Å². The van der Waals surface area contributed by atoms with Crippen LogP contribution in [-0.4, -0.2) is 42.1 Å². The first-order valence-electron chi connectivity index (χ1n) is 10.4. The van der Waals surface area contributed by atoms with Crippen molar-refractivity contribution in [1.82, 2.24) is 15.0 Å². The lowest BCUT2D eigenvalue weighted by Gasteiger charge is -2.24. The van der Waals surface area contributed by atoms with Gasteiger partial charge in [0.15, 0.2) is 0 Å². The van der Waals surface area contributed by atoms with Crippen molar-refractivity contribution in [2.75, 3.05) is 42.3 Å². The number of pyridine rings is 1. The zero-order chi connectivity index (χ0) is 23.6. The third kappa shape index (κ3) is 4.82. The minimum atomic E-state index is -4.48. The number of nitriles is 1. The Hall–Kier alpha value is -3.87. The molecule has 0 spiro atoms. The van der Waals surface area contributed by atoms with E-state index in [-0.39, 0.29) is 5.82 Å². The van der Waals surface area contributed by atoms with Crippen LogP contribution in [0.1, 0.15) is 22.4 Å². The van der Waals surface area contributed by atoms with E-state index in [1.165, 1.54) is 12.3 Å². The molecule has 10 heteroatoms. The Morgan fingerprint density at radius 2 is 1.79 bits per heavy atom. The Morgan fingerprint density at radius 3 is 2.45 bits per heavy atom. The minimum absolute atomic E-state index is 0.0693. The molecular formula is C23H22F3N7. The predicted octanol–water partition coefficient (Wildman–Crippen LogP) is 4.18. The number of alkyl halides is 3. The molecule has 0 radical (unpaired) electrons. The van der Waals surface area contributed by atoms with Crippen molar-refractivity contribution in [2.24, 2.45) is 0 Å². The zero-order valence-electron chi connectivity index (χ0n) is 18.2. The van der Waals surface area contributed by atoms with E-state index in [0.29, 0.717) is 43.3 Å². The fourth-order valence-electron chi connectivity index (χ4n) is 3.74. The van der Waals surface area contributed by atoms with E-state index in [2.05, 4.69) is 26.3 Å². The summed E-state index contributed by atoms with van der Waals surface area (Å²) in [7, 11) is 3.67. The Labute approximate surface area is 189 Å². The van der Waals surface area contributed by atoms with Gasteiger partial charge < -0.3 is 15.1 Å². The average Bonchev–Trinajstić information content (AvgIpc) is 3.02. The molecule has 1 aliphatic rings. The largest absolute Gasteiger partial charge is 0.419 e. The van der Waals surface area contributed by atoms with Gasteiger partial charge in [0.1, 0.15) is 11.6 Å². The molecule has 3 aromatic rings. The Balaban J connectivity index is 1.68. The molecule has 1 N–H and O–H groups in total. The van der Waals surface area contributed by atoms with Gasteiger partial charge in [-0.25, -0.2) is 9.97 Å². The first-order valence-corrected chi connectivity index (χ1v) is 10.4. The summed E-state index contributed by atoms with van der Waals surface area (Å²) < 4.78 is 40.6. The molecule has 2 aromatic heterocycles. The molecule has 0 saturated heterocycles. The highest BCUT2D eigenvalue weighted by molar-refractivity contribution is 5.63.